The standard InChI is InChI=1S/C15H19N3O3S/c1-21-12-3-2-4-13(9-12)22-11-15(20)18(7-8-19)10-14-16-5-6-17-14/h2-6,9,19H,7-8,10-11H2,1H3,(H,16,17). The Morgan fingerprint density at radius 1 is 1.50 bits per heavy atom. The molecule has 1 amide bonds. The third-order valence-electron chi connectivity index (χ3n) is 3.02. The number of carbonyl (C=O) groups excluding carboxylic acids is 1. The van der Waals surface area contributed by atoms with Gasteiger partial charge < -0.3 is 19.7 Å². The lowest BCUT2D eigenvalue weighted by Gasteiger charge is -2.20. The molecule has 6 nitrogen and oxygen atoms in total. The zero-order valence-electron chi connectivity index (χ0n) is 12.4. The Hall–Kier alpha value is -1.99. The average molecular weight is 321 g/mol. The molecule has 0 atom stereocenters. The molecule has 1 heterocycles. The largest absolute Gasteiger partial charge is 0.497 e. The maximum absolute atomic E-state index is 12.3. The number of hydrogen-bond acceptors (Lipinski definition) is 5. The van der Waals surface area contributed by atoms with E-state index in [4.69, 9.17) is 9.84 Å². The molecule has 7 heteroatoms. The van der Waals surface area contributed by atoms with Crippen LogP contribution in [0, 0.1) is 0 Å². The number of hydrogen-bond donors (Lipinski definition) is 2. The number of imidazole rings is 1. The minimum atomic E-state index is -0.0731. The Balaban J connectivity index is 1.92. The molecule has 2 rings (SSSR count). The van der Waals surface area contributed by atoms with E-state index >= 15 is 0 Å². The number of thioether (sulfide) groups is 1. The molecule has 0 fully saturated rings. The second-order valence-electron chi connectivity index (χ2n) is 4.54. The van der Waals surface area contributed by atoms with Gasteiger partial charge in [0, 0.05) is 23.8 Å². The van der Waals surface area contributed by atoms with E-state index in [9.17, 15) is 4.79 Å². The Kier molecular flexibility index (Phi) is 6.29. The molecule has 1 aromatic heterocycles. The fourth-order valence-electron chi connectivity index (χ4n) is 1.91. The van der Waals surface area contributed by atoms with Crippen molar-refractivity contribution in [2.24, 2.45) is 0 Å². The Morgan fingerprint density at radius 3 is 3.05 bits per heavy atom. The fraction of sp³-hybridized carbons (Fsp3) is 0.333. The van der Waals surface area contributed by atoms with Crippen LogP contribution in [0.15, 0.2) is 41.6 Å². The third kappa shape index (κ3) is 4.78. The highest BCUT2D eigenvalue weighted by Gasteiger charge is 2.15. The van der Waals surface area contributed by atoms with Gasteiger partial charge in [-0.1, -0.05) is 6.07 Å². The van der Waals surface area contributed by atoms with Gasteiger partial charge in [0.1, 0.15) is 11.6 Å². The first-order valence-electron chi connectivity index (χ1n) is 6.86. The number of benzene rings is 1. The minimum absolute atomic E-state index is 0.0433. The molecule has 0 unspecified atom stereocenters. The van der Waals surface area contributed by atoms with E-state index in [-0.39, 0.29) is 19.1 Å². The predicted octanol–water partition coefficient (Wildman–Crippen LogP) is 1.53. The zero-order valence-corrected chi connectivity index (χ0v) is 13.2. The maximum atomic E-state index is 12.3. The van der Waals surface area contributed by atoms with E-state index in [1.807, 2.05) is 24.3 Å². The van der Waals surface area contributed by atoms with Gasteiger partial charge in [-0.3, -0.25) is 4.79 Å². The Labute approximate surface area is 133 Å². The molecule has 0 bridgehead atoms. The van der Waals surface area contributed by atoms with Crippen LogP contribution in [0.4, 0.5) is 0 Å². The first kappa shape index (κ1) is 16.4. The fourth-order valence-corrected chi connectivity index (χ4v) is 2.75. The average Bonchev–Trinajstić information content (AvgIpc) is 3.05. The number of aliphatic hydroxyl groups excluding tert-OH is 1. The van der Waals surface area contributed by atoms with E-state index in [0.717, 1.165) is 10.6 Å². The molecule has 0 spiro atoms. The summed E-state index contributed by atoms with van der Waals surface area (Å²) in [5.74, 6) is 1.72. The van der Waals surface area contributed by atoms with Gasteiger partial charge in [0.05, 0.1) is 26.0 Å². The van der Waals surface area contributed by atoms with Crippen LogP contribution in [0.1, 0.15) is 5.82 Å². The monoisotopic (exact) mass is 321 g/mol. The summed E-state index contributed by atoms with van der Waals surface area (Å²) in [6, 6.07) is 7.57. The summed E-state index contributed by atoms with van der Waals surface area (Å²) in [7, 11) is 1.61. The molecule has 0 aliphatic carbocycles. The summed E-state index contributed by atoms with van der Waals surface area (Å²) in [5.41, 5.74) is 0. The molecule has 0 saturated carbocycles. The molecule has 1 aromatic carbocycles. The minimum Gasteiger partial charge on any atom is -0.497 e. The molecule has 2 N–H and O–H groups in total. The molecular weight excluding hydrogens is 302 g/mol. The molecule has 22 heavy (non-hydrogen) atoms. The summed E-state index contributed by atoms with van der Waals surface area (Å²) in [6.07, 6.45) is 3.35. The summed E-state index contributed by atoms with van der Waals surface area (Å²) in [4.78, 5) is 21.9. The maximum Gasteiger partial charge on any atom is 0.233 e. The molecular formula is C15H19N3O3S. The van der Waals surface area contributed by atoms with Gasteiger partial charge in [-0.25, -0.2) is 4.98 Å². The van der Waals surface area contributed by atoms with E-state index in [2.05, 4.69) is 9.97 Å². The number of methoxy groups -OCH3 is 1. The summed E-state index contributed by atoms with van der Waals surface area (Å²) in [6.45, 7) is 0.583. The number of aromatic nitrogens is 2. The van der Waals surface area contributed by atoms with Gasteiger partial charge in [0.2, 0.25) is 5.91 Å². The van der Waals surface area contributed by atoms with Gasteiger partial charge in [0.15, 0.2) is 0 Å². The van der Waals surface area contributed by atoms with Gasteiger partial charge in [0.25, 0.3) is 0 Å². The van der Waals surface area contributed by atoms with Crippen molar-refractivity contribution in [1.82, 2.24) is 14.9 Å². The topological polar surface area (TPSA) is 78.4 Å². The number of aromatic amines is 1. The first-order chi connectivity index (χ1) is 10.7. The van der Waals surface area contributed by atoms with E-state index in [1.165, 1.54) is 11.8 Å². The van der Waals surface area contributed by atoms with Crippen molar-refractivity contribution in [2.75, 3.05) is 26.0 Å². The molecule has 0 aliphatic rings. The second-order valence-corrected chi connectivity index (χ2v) is 5.59. The molecule has 118 valence electrons. The molecule has 0 aliphatic heterocycles. The van der Waals surface area contributed by atoms with Crippen LogP contribution in [0.3, 0.4) is 0 Å². The first-order valence-corrected chi connectivity index (χ1v) is 7.85. The predicted molar refractivity (Wildman–Crippen MR) is 84.8 cm³/mol. The van der Waals surface area contributed by atoms with Gasteiger partial charge in [-0.05, 0) is 18.2 Å². The number of rotatable bonds is 8. The number of nitrogens with one attached hydrogen (secondary N) is 1. The highest BCUT2D eigenvalue weighted by Crippen LogP contribution is 2.23. The van der Waals surface area contributed by atoms with E-state index in [0.29, 0.717) is 18.1 Å². The SMILES string of the molecule is COc1cccc(SCC(=O)N(CCO)Cc2ncc[nH]2)c1. The van der Waals surface area contributed by atoms with Crippen molar-refractivity contribution in [1.29, 1.82) is 0 Å². The Morgan fingerprint density at radius 2 is 2.36 bits per heavy atom. The highest BCUT2D eigenvalue weighted by molar-refractivity contribution is 8.00. The third-order valence-corrected chi connectivity index (χ3v) is 4.00. The number of amides is 1. The molecule has 2 aromatic rings. The van der Waals surface area contributed by atoms with Crippen LogP contribution in [-0.2, 0) is 11.3 Å². The van der Waals surface area contributed by atoms with Crippen LogP contribution in [-0.4, -0.2) is 51.9 Å². The Bertz CT molecular complexity index is 589. The van der Waals surface area contributed by atoms with E-state index in [1.54, 1.807) is 24.4 Å². The number of aliphatic hydroxyl groups is 1. The summed E-state index contributed by atoms with van der Waals surface area (Å²) in [5, 5.41) is 9.12. The number of ether oxygens (including phenoxy) is 1. The van der Waals surface area contributed by atoms with Crippen LogP contribution >= 0.6 is 11.8 Å². The smallest absolute Gasteiger partial charge is 0.233 e. The number of H-pyrrole nitrogens is 1. The van der Waals surface area contributed by atoms with Crippen molar-refractivity contribution in [2.45, 2.75) is 11.4 Å². The van der Waals surface area contributed by atoms with Crippen LogP contribution in [0.2, 0.25) is 0 Å². The van der Waals surface area contributed by atoms with Crippen molar-refractivity contribution >= 4 is 17.7 Å². The summed E-state index contributed by atoms with van der Waals surface area (Å²) >= 11 is 1.44. The van der Waals surface area contributed by atoms with Crippen LogP contribution in [0.5, 0.6) is 5.75 Å². The van der Waals surface area contributed by atoms with Crippen molar-refractivity contribution in [3.05, 3.63) is 42.5 Å². The lowest BCUT2D eigenvalue weighted by atomic mass is 10.3. The van der Waals surface area contributed by atoms with Crippen molar-refractivity contribution in [3.8, 4) is 5.75 Å². The lowest BCUT2D eigenvalue weighted by molar-refractivity contribution is -0.129. The van der Waals surface area contributed by atoms with E-state index < -0.39 is 0 Å². The molecule has 0 radical (unpaired) electrons. The normalized spacial score (nSPS) is 10.5. The zero-order chi connectivity index (χ0) is 15.8. The highest BCUT2D eigenvalue weighted by atomic mass is 32.2. The number of carbonyl (C=O) groups is 1. The van der Waals surface area contributed by atoms with Crippen LogP contribution in [0.25, 0.3) is 0 Å². The van der Waals surface area contributed by atoms with Gasteiger partial charge >= 0.3 is 0 Å². The summed E-state index contributed by atoms with van der Waals surface area (Å²) < 4.78 is 5.16. The molecule has 0 saturated heterocycles. The van der Waals surface area contributed by atoms with Crippen LogP contribution < -0.4 is 4.74 Å². The van der Waals surface area contributed by atoms with Gasteiger partial charge in [-0.2, -0.15) is 0 Å². The second kappa shape index (κ2) is 8.45. The van der Waals surface area contributed by atoms with Gasteiger partial charge in [-0.15, -0.1) is 11.8 Å². The number of nitrogens with zero attached hydrogens (tertiary/aromatic N) is 2. The van der Waals surface area contributed by atoms with Crippen molar-refractivity contribution < 1.29 is 14.6 Å². The van der Waals surface area contributed by atoms with Crippen molar-refractivity contribution in [3.63, 3.8) is 0 Å². The quantitative estimate of drug-likeness (QED) is 0.721. The lowest BCUT2D eigenvalue weighted by Crippen LogP contribution is -2.34.